The number of nitrogens with zero attached hydrogens (tertiary/aromatic N) is 1. The highest BCUT2D eigenvalue weighted by Crippen LogP contribution is 2.77. The molecule has 4 fully saturated rings. The molecule has 9 atom stereocenters. The maximum absolute atomic E-state index is 12.8. The lowest BCUT2D eigenvalue weighted by Gasteiger charge is -2.72. The van der Waals surface area contributed by atoms with Crippen LogP contribution in [0, 0.1) is 51.2 Å². The molecule has 192 valence electrons. The first-order valence-corrected chi connectivity index (χ1v) is 14.2. The summed E-state index contributed by atoms with van der Waals surface area (Å²) in [6.07, 6.45) is 11.6. The van der Waals surface area contributed by atoms with Crippen LogP contribution in [0.2, 0.25) is 0 Å². The molecule has 0 spiro atoms. The van der Waals surface area contributed by atoms with Gasteiger partial charge >= 0.3 is 5.97 Å². The number of carboxylic acids is 1. The molecule has 5 aliphatic carbocycles. The van der Waals surface area contributed by atoms with E-state index in [4.69, 9.17) is 4.52 Å². The van der Waals surface area contributed by atoms with Gasteiger partial charge in [0.2, 0.25) is 0 Å². The Bertz CT molecular complexity index is 1090. The lowest BCUT2D eigenvalue weighted by molar-refractivity contribution is -0.228. The molecule has 0 bridgehead atoms. The highest BCUT2D eigenvalue weighted by Gasteiger charge is 2.72. The Labute approximate surface area is 211 Å². The summed E-state index contributed by atoms with van der Waals surface area (Å²) in [7, 11) is 0. The fraction of sp³-hybridized carbons (Fsp3) is 0.806. The highest BCUT2D eigenvalue weighted by molar-refractivity contribution is 5.76. The second kappa shape index (κ2) is 7.04. The zero-order valence-electron chi connectivity index (χ0n) is 22.7. The van der Waals surface area contributed by atoms with Gasteiger partial charge in [-0.15, -0.1) is 0 Å². The first-order chi connectivity index (χ1) is 16.3. The van der Waals surface area contributed by atoms with Crippen molar-refractivity contribution in [1.82, 2.24) is 5.16 Å². The molecule has 35 heavy (non-hydrogen) atoms. The molecule has 6 rings (SSSR count). The zero-order valence-corrected chi connectivity index (χ0v) is 22.7. The van der Waals surface area contributed by atoms with E-state index in [1.807, 2.05) is 6.20 Å². The van der Waals surface area contributed by atoms with Gasteiger partial charge in [-0.1, -0.05) is 51.9 Å². The molecule has 5 aliphatic rings. The minimum absolute atomic E-state index is 0.000553. The summed E-state index contributed by atoms with van der Waals surface area (Å²) < 4.78 is 5.83. The molecule has 1 aromatic heterocycles. The maximum atomic E-state index is 12.8. The lowest BCUT2D eigenvalue weighted by Crippen LogP contribution is -2.66. The van der Waals surface area contributed by atoms with Gasteiger partial charge in [0.15, 0.2) is 0 Å². The Morgan fingerprint density at radius 3 is 2.43 bits per heavy atom. The van der Waals surface area contributed by atoms with Crippen LogP contribution in [0.25, 0.3) is 0 Å². The van der Waals surface area contributed by atoms with Crippen LogP contribution in [0.5, 0.6) is 0 Å². The molecule has 0 saturated heterocycles. The van der Waals surface area contributed by atoms with Crippen LogP contribution in [0.4, 0.5) is 0 Å². The van der Waals surface area contributed by atoms with Gasteiger partial charge in [-0.3, -0.25) is 4.79 Å². The van der Waals surface area contributed by atoms with Crippen molar-refractivity contribution in [2.75, 3.05) is 0 Å². The summed E-state index contributed by atoms with van der Waals surface area (Å²) in [5.41, 5.74) is 2.59. The number of fused-ring (bicyclic) bond motifs is 8. The second-order valence-corrected chi connectivity index (χ2v) is 14.7. The summed E-state index contributed by atoms with van der Waals surface area (Å²) in [6, 6.07) is 0. The summed E-state index contributed by atoms with van der Waals surface area (Å²) in [6.45, 7) is 19.0. The number of carboxylic acid groups (broad SMARTS) is 1. The third-order valence-corrected chi connectivity index (χ3v) is 13.4. The molecule has 0 aliphatic heterocycles. The van der Waals surface area contributed by atoms with Crippen LogP contribution in [0.3, 0.4) is 0 Å². The van der Waals surface area contributed by atoms with Gasteiger partial charge in [-0.05, 0) is 111 Å². The Morgan fingerprint density at radius 1 is 1.00 bits per heavy atom. The van der Waals surface area contributed by atoms with Crippen LogP contribution >= 0.6 is 0 Å². The number of aliphatic carboxylic acids is 1. The standard InChI is InChI=1S/C31H45NO3/c1-18(2)20-10-13-31(26(33)34)15-14-29(6)21(24(20)31)8-9-23-28(5)16-19-17-32-35-25(19)27(3,4)22(28)11-12-30(23,29)7/h17,20-24H,1,8-16H2,2-7H3,(H,33,34)/t20-,21?,22?,23+,24?,28-,29+,30+,31-/m0/s1. The molecule has 4 heteroatoms. The number of allylic oxidation sites excluding steroid dienone is 1. The van der Waals surface area contributed by atoms with E-state index in [0.717, 1.165) is 37.9 Å². The third-order valence-electron chi connectivity index (χ3n) is 13.4. The zero-order chi connectivity index (χ0) is 25.2. The van der Waals surface area contributed by atoms with Gasteiger partial charge in [0.05, 0.1) is 11.6 Å². The van der Waals surface area contributed by atoms with E-state index in [1.54, 1.807) is 0 Å². The van der Waals surface area contributed by atoms with Crippen molar-refractivity contribution >= 4 is 5.97 Å². The van der Waals surface area contributed by atoms with Crippen molar-refractivity contribution in [1.29, 1.82) is 0 Å². The van der Waals surface area contributed by atoms with Crippen LogP contribution < -0.4 is 0 Å². The van der Waals surface area contributed by atoms with Gasteiger partial charge in [0.25, 0.3) is 0 Å². The fourth-order valence-corrected chi connectivity index (χ4v) is 11.8. The van der Waals surface area contributed by atoms with Crippen LogP contribution in [-0.4, -0.2) is 16.2 Å². The largest absolute Gasteiger partial charge is 0.481 e. The maximum Gasteiger partial charge on any atom is 0.309 e. The number of hydrogen-bond donors (Lipinski definition) is 1. The summed E-state index contributed by atoms with van der Waals surface area (Å²) in [5, 5.41) is 14.8. The summed E-state index contributed by atoms with van der Waals surface area (Å²) in [5.74, 6) is 2.88. The van der Waals surface area contributed by atoms with Crippen molar-refractivity contribution in [3.63, 3.8) is 0 Å². The Hall–Kier alpha value is -1.58. The first kappa shape index (κ1) is 23.8. The van der Waals surface area contributed by atoms with E-state index >= 15 is 0 Å². The SMILES string of the molecule is C=C(C)[C@@H]1CC[C@]2(C(=O)O)CC[C@]3(C)C(CC[C@@H]4[C@@]5(C)Cc6cnoc6C(C)(C)C5CC[C@]43C)C12. The summed E-state index contributed by atoms with van der Waals surface area (Å²) >= 11 is 0. The Balaban J connectivity index is 1.44. The van der Waals surface area contributed by atoms with Crippen molar-refractivity contribution in [3.05, 3.63) is 29.7 Å². The lowest BCUT2D eigenvalue weighted by atomic mass is 9.32. The van der Waals surface area contributed by atoms with Gasteiger partial charge < -0.3 is 9.63 Å². The van der Waals surface area contributed by atoms with E-state index < -0.39 is 11.4 Å². The average Bonchev–Trinajstić information content (AvgIpc) is 3.39. The molecule has 4 saturated carbocycles. The Kier molecular flexibility index (Phi) is 4.79. The minimum Gasteiger partial charge on any atom is -0.481 e. The molecule has 1 N–H and O–H groups in total. The average molecular weight is 480 g/mol. The predicted molar refractivity (Wildman–Crippen MR) is 137 cm³/mol. The number of aromatic nitrogens is 1. The summed E-state index contributed by atoms with van der Waals surface area (Å²) in [4.78, 5) is 12.8. The molecule has 4 nitrogen and oxygen atoms in total. The quantitative estimate of drug-likeness (QED) is 0.448. The highest BCUT2D eigenvalue weighted by atomic mass is 16.5. The molecule has 0 radical (unpaired) electrons. The van der Waals surface area contributed by atoms with E-state index in [-0.39, 0.29) is 27.6 Å². The van der Waals surface area contributed by atoms with Crippen molar-refractivity contribution in [3.8, 4) is 0 Å². The van der Waals surface area contributed by atoms with Gasteiger partial charge in [-0.2, -0.15) is 0 Å². The molecule has 0 aromatic carbocycles. The van der Waals surface area contributed by atoms with Crippen LogP contribution in [0.15, 0.2) is 22.9 Å². The third kappa shape index (κ3) is 2.65. The molecule has 0 amide bonds. The molecule has 1 heterocycles. The van der Waals surface area contributed by atoms with Crippen LogP contribution in [0.1, 0.15) is 104 Å². The Morgan fingerprint density at radius 2 is 1.74 bits per heavy atom. The topological polar surface area (TPSA) is 63.3 Å². The van der Waals surface area contributed by atoms with E-state index in [0.29, 0.717) is 23.7 Å². The van der Waals surface area contributed by atoms with Gasteiger partial charge in [0, 0.05) is 11.0 Å². The normalized spacial score (nSPS) is 49.7. The predicted octanol–water partition coefficient (Wildman–Crippen LogP) is 7.43. The van der Waals surface area contributed by atoms with E-state index in [2.05, 4.69) is 53.3 Å². The second-order valence-electron chi connectivity index (χ2n) is 14.7. The number of rotatable bonds is 2. The molecular formula is C31H45NO3. The van der Waals surface area contributed by atoms with Gasteiger partial charge in [0.1, 0.15) is 5.76 Å². The smallest absolute Gasteiger partial charge is 0.309 e. The number of carbonyl (C=O) groups is 1. The van der Waals surface area contributed by atoms with E-state index in [1.165, 1.54) is 36.8 Å². The molecule has 3 unspecified atom stereocenters. The monoisotopic (exact) mass is 479 g/mol. The molecular weight excluding hydrogens is 434 g/mol. The van der Waals surface area contributed by atoms with Gasteiger partial charge in [-0.25, -0.2) is 0 Å². The first-order valence-electron chi connectivity index (χ1n) is 14.2. The van der Waals surface area contributed by atoms with E-state index in [9.17, 15) is 9.90 Å². The number of hydrogen-bond acceptors (Lipinski definition) is 3. The van der Waals surface area contributed by atoms with Crippen LogP contribution in [-0.2, 0) is 16.6 Å². The van der Waals surface area contributed by atoms with Crippen molar-refractivity contribution in [2.24, 2.45) is 51.2 Å². The van der Waals surface area contributed by atoms with Crippen molar-refractivity contribution < 1.29 is 14.4 Å². The fourth-order valence-electron chi connectivity index (χ4n) is 11.8. The van der Waals surface area contributed by atoms with Crippen molar-refractivity contribution in [2.45, 2.75) is 105 Å². The minimum atomic E-state index is -0.539. The molecule has 1 aromatic rings.